The number of carbonyl (C=O) groups is 1. The van der Waals surface area contributed by atoms with Crippen LogP contribution in [0.15, 0.2) is 12.3 Å². The van der Waals surface area contributed by atoms with E-state index in [1.165, 1.54) is 25.9 Å². The zero-order valence-corrected chi connectivity index (χ0v) is 15.0. The van der Waals surface area contributed by atoms with Crippen LogP contribution in [0.3, 0.4) is 0 Å². The number of hydrogen-bond acceptors (Lipinski definition) is 5. The van der Waals surface area contributed by atoms with Gasteiger partial charge in [0.2, 0.25) is 5.91 Å². The molecule has 3 aliphatic rings. The summed E-state index contributed by atoms with van der Waals surface area (Å²) in [5.74, 6) is 0.251. The Bertz CT molecular complexity index is 578. The monoisotopic (exact) mass is 347 g/mol. The average molecular weight is 347 g/mol. The van der Waals surface area contributed by atoms with Crippen molar-refractivity contribution in [2.24, 2.45) is 0 Å². The Morgan fingerprint density at radius 2 is 1.92 bits per heavy atom. The first kappa shape index (κ1) is 17.0. The van der Waals surface area contributed by atoms with Gasteiger partial charge in [-0.15, -0.1) is 0 Å². The third-order valence-corrected chi connectivity index (χ3v) is 5.70. The normalized spacial score (nSPS) is 25.8. The summed E-state index contributed by atoms with van der Waals surface area (Å²) < 4.78 is 7.48. The lowest BCUT2D eigenvalue weighted by Crippen LogP contribution is -2.50. The van der Waals surface area contributed by atoms with E-state index in [2.05, 4.69) is 24.5 Å². The number of carbonyl (C=O) groups excluding carboxylic acids is 1. The lowest BCUT2D eigenvalue weighted by Gasteiger charge is -2.35. The molecule has 2 fully saturated rings. The zero-order chi connectivity index (χ0) is 17.1. The molecule has 25 heavy (non-hydrogen) atoms. The molecule has 7 heteroatoms. The Morgan fingerprint density at radius 1 is 1.12 bits per heavy atom. The number of morpholine rings is 1. The van der Waals surface area contributed by atoms with E-state index in [-0.39, 0.29) is 11.9 Å². The van der Waals surface area contributed by atoms with E-state index in [1.54, 1.807) is 0 Å². The van der Waals surface area contributed by atoms with Crippen LogP contribution in [0.2, 0.25) is 0 Å². The Hall–Kier alpha value is -1.44. The Morgan fingerprint density at radius 3 is 2.72 bits per heavy atom. The third-order valence-electron chi connectivity index (χ3n) is 5.70. The molecule has 1 atom stereocenters. The van der Waals surface area contributed by atoms with Crippen molar-refractivity contribution in [1.82, 2.24) is 24.5 Å². The van der Waals surface area contributed by atoms with E-state index < -0.39 is 0 Å². The standard InChI is InChI=1S/C18H29N5O2/c24-18(15-21-9-11-25-12-10-21)22-14-17-3-5-19-23(17)8-4-16(22)13-20-6-1-2-7-20/h3,5,16H,1-2,4,6-15H2/t16-/m0/s1. The lowest BCUT2D eigenvalue weighted by molar-refractivity contribution is -0.137. The first-order chi connectivity index (χ1) is 12.3. The fourth-order valence-electron chi connectivity index (χ4n) is 4.21. The molecule has 138 valence electrons. The molecule has 3 aliphatic heterocycles. The van der Waals surface area contributed by atoms with Crippen molar-refractivity contribution in [2.75, 3.05) is 52.5 Å². The first-order valence-electron chi connectivity index (χ1n) is 9.62. The molecule has 0 aliphatic carbocycles. The predicted octanol–water partition coefficient (Wildman–Crippen LogP) is 0.412. The molecule has 4 rings (SSSR count). The summed E-state index contributed by atoms with van der Waals surface area (Å²) in [7, 11) is 0. The molecule has 1 aromatic heterocycles. The number of likely N-dealkylation sites (tertiary alicyclic amines) is 1. The van der Waals surface area contributed by atoms with Crippen LogP contribution in [-0.4, -0.2) is 88.9 Å². The molecule has 7 nitrogen and oxygen atoms in total. The summed E-state index contributed by atoms with van der Waals surface area (Å²) in [4.78, 5) is 20.0. The van der Waals surface area contributed by atoms with Gasteiger partial charge in [0, 0.05) is 38.4 Å². The SMILES string of the molecule is O=C(CN1CCOCC1)N1Cc2ccnn2CC[C@H]1CN1CCCC1. The smallest absolute Gasteiger partial charge is 0.237 e. The summed E-state index contributed by atoms with van der Waals surface area (Å²) in [6.07, 6.45) is 5.41. The van der Waals surface area contributed by atoms with Gasteiger partial charge in [0.1, 0.15) is 0 Å². The summed E-state index contributed by atoms with van der Waals surface area (Å²) >= 11 is 0. The van der Waals surface area contributed by atoms with Gasteiger partial charge in [0.25, 0.3) is 0 Å². The second-order valence-electron chi connectivity index (χ2n) is 7.41. The molecule has 4 heterocycles. The van der Waals surface area contributed by atoms with Crippen molar-refractivity contribution in [3.63, 3.8) is 0 Å². The van der Waals surface area contributed by atoms with Crippen molar-refractivity contribution in [2.45, 2.75) is 38.4 Å². The molecule has 1 amide bonds. The zero-order valence-electron chi connectivity index (χ0n) is 15.0. The minimum Gasteiger partial charge on any atom is -0.379 e. The molecular weight excluding hydrogens is 318 g/mol. The van der Waals surface area contributed by atoms with E-state index in [1.807, 2.05) is 12.3 Å². The van der Waals surface area contributed by atoms with Gasteiger partial charge in [-0.2, -0.15) is 5.10 Å². The summed E-state index contributed by atoms with van der Waals surface area (Å²) in [5, 5.41) is 4.43. The van der Waals surface area contributed by atoms with Crippen LogP contribution in [0.4, 0.5) is 0 Å². The van der Waals surface area contributed by atoms with Crippen molar-refractivity contribution in [1.29, 1.82) is 0 Å². The number of aromatic nitrogens is 2. The molecule has 0 N–H and O–H groups in total. The van der Waals surface area contributed by atoms with Crippen LogP contribution in [0.5, 0.6) is 0 Å². The van der Waals surface area contributed by atoms with Crippen LogP contribution < -0.4 is 0 Å². The van der Waals surface area contributed by atoms with E-state index in [9.17, 15) is 4.79 Å². The molecular formula is C18H29N5O2. The molecule has 0 unspecified atom stereocenters. The maximum absolute atomic E-state index is 13.1. The van der Waals surface area contributed by atoms with Gasteiger partial charge in [-0.25, -0.2) is 0 Å². The number of rotatable bonds is 4. The fraction of sp³-hybridized carbons (Fsp3) is 0.778. The van der Waals surface area contributed by atoms with Gasteiger partial charge < -0.3 is 14.5 Å². The van der Waals surface area contributed by atoms with Gasteiger partial charge in [0.05, 0.1) is 32.0 Å². The quantitative estimate of drug-likeness (QED) is 0.790. The molecule has 0 radical (unpaired) electrons. The molecule has 0 saturated carbocycles. The highest BCUT2D eigenvalue weighted by Gasteiger charge is 2.31. The summed E-state index contributed by atoms with van der Waals surface area (Å²) in [6, 6.07) is 2.33. The van der Waals surface area contributed by atoms with Gasteiger partial charge in [-0.1, -0.05) is 0 Å². The average Bonchev–Trinajstić information content (AvgIpc) is 3.26. The number of ether oxygens (including phenoxy) is 1. The molecule has 1 aromatic rings. The maximum Gasteiger partial charge on any atom is 0.237 e. The Kier molecular flexibility index (Phi) is 5.33. The van der Waals surface area contributed by atoms with Gasteiger partial charge in [-0.3, -0.25) is 14.4 Å². The number of hydrogen-bond donors (Lipinski definition) is 0. The molecule has 0 spiro atoms. The van der Waals surface area contributed by atoms with Crippen LogP contribution in [0.1, 0.15) is 25.0 Å². The second kappa shape index (κ2) is 7.85. The molecule has 0 bridgehead atoms. The number of nitrogens with zero attached hydrogens (tertiary/aromatic N) is 5. The van der Waals surface area contributed by atoms with Crippen LogP contribution in [0.25, 0.3) is 0 Å². The second-order valence-corrected chi connectivity index (χ2v) is 7.41. The van der Waals surface area contributed by atoms with Crippen LogP contribution >= 0.6 is 0 Å². The Labute approximate surface area is 149 Å². The highest BCUT2D eigenvalue weighted by atomic mass is 16.5. The van der Waals surface area contributed by atoms with Crippen molar-refractivity contribution in [3.05, 3.63) is 18.0 Å². The number of aryl methyl sites for hydroxylation is 1. The highest BCUT2D eigenvalue weighted by molar-refractivity contribution is 5.78. The van der Waals surface area contributed by atoms with Crippen molar-refractivity contribution in [3.8, 4) is 0 Å². The van der Waals surface area contributed by atoms with Crippen molar-refractivity contribution >= 4 is 5.91 Å². The fourth-order valence-corrected chi connectivity index (χ4v) is 4.21. The van der Waals surface area contributed by atoms with Crippen molar-refractivity contribution < 1.29 is 9.53 Å². The topological polar surface area (TPSA) is 53.8 Å². The highest BCUT2D eigenvalue weighted by Crippen LogP contribution is 2.20. The number of amides is 1. The summed E-state index contributed by atoms with van der Waals surface area (Å²) in [6.45, 7) is 8.62. The van der Waals surface area contributed by atoms with Gasteiger partial charge >= 0.3 is 0 Å². The first-order valence-corrected chi connectivity index (χ1v) is 9.62. The minimum absolute atomic E-state index is 0.251. The van der Waals surface area contributed by atoms with E-state index in [0.29, 0.717) is 13.1 Å². The van der Waals surface area contributed by atoms with Crippen LogP contribution in [0, 0.1) is 0 Å². The Balaban J connectivity index is 1.47. The van der Waals surface area contributed by atoms with E-state index in [4.69, 9.17) is 4.74 Å². The third kappa shape index (κ3) is 4.04. The largest absolute Gasteiger partial charge is 0.379 e. The minimum atomic E-state index is 0.251. The van der Waals surface area contributed by atoms with E-state index in [0.717, 1.165) is 51.5 Å². The summed E-state index contributed by atoms with van der Waals surface area (Å²) in [5.41, 5.74) is 1.15. The van der Waals surface area contributed by atoms with E-state index >= 15 is 0 Å². The van der Waals surface area contributed by atoms with Crippen LogP contribution in [-0.2, 0) is 22.6 Å². The molecule has 0 aromatic carbocycles. The van der Waals surface area contributed by atoms with Gasteiger partial charge in [-0.05, 0) is 38.4 Å². The van der Waals surface area contributed by atoms with Gasteiger partial charge in [0.15, 0.2) is 0 Å². The number of fused-ring (bicyclic) bond motifs is 1. The maximum atomic E-state index is 13.1. The predicted molar refractivity (Wildman–Crippen MR) is 94.1 cm³/mol. The molecule has 2 saturated heterocycles. The lowest BCUT2D eigenvalue weighted by atomic mass is 10.1.